The highest BCUT2D eigenvalue weighted by atomic mass is 32.1. The normalized spacial score (nSPS) is 22.2. The van der Waals surface area contributed by atoms with Crippen molar-refractivity contribution in [3.05, 3.63) is 39.8 Å². The Morgan fingerprint density at radius 1 is 1.33 bits per heavy atom. The molecule has 1 amide bonds. The summed E-state index contributed by atoms with van der Waals surface area (Å²) >= 11 is 1.70. The molecule has 0 saturated carbocycles. The number of rotatable bonds is 2. The number of aromatic hydroxyl groups is 1. The molecule has 0 fully saturated rings. The van der Waals surface area contributed by atoms with Gasteiger partial charge in [0.25, 0.3) is 5.91 Å². The number of hydrogen-bond acceptors (Lipinski definition) is 5. The van der Waals surface area contributed by atoms with Gasteiger partial charge in [-0.3, -0.25) is 4.79 Å². The number of nitrogens with one attached hydrogen (secondary N) is 2. The van der Waals surface area contributed by atoms with E-state index in [4.69, 9.17) is 4.74 Å². The third kappa shape index (κ3) is 2.41. The van der Waals surface area contributed by atoms with Crippen LogP contribution in [-0.4, -0.2) is 18.1 Å². The molecule has 2 atom stereocenters. The van der Waals surface area contributed by atoms with E-state index < -0.39 is 0 Å². The molecule has 0 spiro atoms. The first kappa shape index (κ1) is 15.3. The van der Waals surface area contributed by atoms with E-state index in [0.29, 0.717) is 11.7 Å². The van der Waals surface area contributed by atoms with E-state index in [-0.39, 0.29) is 17.8 Å². The second-order valence-electron chi connectivity index (χ2n) is 6.54. The van der Waals surface area contributed by atoms with Gasteiger partial charge in [0, 0.05) is 4.88 Å². The average molecular weight is 344 g/mol. The number of anilines is 1. The lowest BCUT2D eigenvalue weighted by Crippen LogP contribution is -2.38. The van der Waals surface area contributed by atoms with Crippen LogP contribution < -0.4 is 15.4 Å². The summed E-state index contributed by atoms with van der Waals surface area (Å²) in [7, 11) is 1.51. The maximum Gasteiger partial charge on any atom is 0.256 e. The van der Waals surface area contributed by atoms with Gasteiger partial charge >= 0.3 is 0 Å². The third-order valence-electron chi connectivity index (χ3n) is 4.83. The third-order valence-corrected chi connectivity index (χ3v) is 6.01. The first-order chi connectivity index (χ1) is 11.6. The van der Waals surface area contributed by atoms with E-state index >= 15 is 0 Å². The Balaban J connectivity index is 1.67. The number of hydrogen-bond donors (Lipinski definition) is 3. The van der Waals surface area contributed by atoms with Crippen LogP contribution in [0.4, 0.5) is 5.00 Å². The highest BCUT2D eigenvalue weighted by molar-refractivity contribution is 7.16. The predicted octanol–water partition coefficient (Wildman–Crippen LogP) is 3.44. The van der Waals surface area contributed by atoms with E-state index in [1.165, 1.54) is 17.6 Å². The number of ether oxygens (including phenoxy) is 1. The van der Waals surface area contributed by atoms with E-state index in [2.05, 4.69) is 17.6 Å². The molecule has 0 bridgehead atoms. The highest BCUT2D eigenvalue weighted by Gasteiger charge is 2.33. The maximum absolute atomic E-state index is 12.7. The molecule has 1 aromatic carbocycles. The molecule has 6 heteroatoms. The van der Waals surface area contributed by atoms with Gasteiger partial charge in [-0.05, 0) is 48.4 Å². The van der Waals surface area contributed by atoms with Crippen molar-refractivity contribution in [3.8, 4) is 11.5 Å². The Morgan fingerprint density at radius 2 is 2.17 bits per heavy atom. The number of phenolic OH excluding ortho intramolecular Hbond substituents is 1. The minimum atomic E-state index is -0.348. The summed E-state index contributed by atoms with van der Waals surface area (Å²) in [4.78, 5) is 14.0. The molecular formula is C18H20N2O3S. The minimum Gasteiger partial charge on any atom is -0.504 e. The van der Waals surface area contributed by atoms with Crippen LogP contribution in [0.3, 0.4) is 0 Å². The Bertz CT molecular complexity index is 815. The van der Waals surface area contributed by atoms with Crippen molar-refractivity contribution in [2.75, 3.05) is 12.4 Å². The van der Waals surface area contributed by atoms with Gasteiger partial charge in [0.1, 0.15) is 11.2 Å². The lowest BCUT2D eigenvalue weighted by Gasteiger charge is -2.27. The lowest BCUT2D eigenvalue weighted by molar-refractivity contribution is 0.0935. The van der Waals surface area contributed by atoms with Gasteiger partial charge in [-0.15, -0.1) is 11.3 Å². The monoisotopic (exact) mass is 344 g/mol. The van der Waals surface area contributed by atoms with Crippen molar-refractivity contribution in [2.45, 2.75) is 32.4 Å². The number of carbonyl (C=O) groups is 1. The molecule has 1 aromatic heterocycles. The zero-order chi connectivity index (χ0) is 16.8. The number of phenols is 1. The van der Waals surface area contributed by atoms with Crippen molar-refractivity contribution >= 4 is 22.2 Å². The van der Waals surface area contributed by atoms with E-state index in [9.17, 15) is 9.90 Å². The Morgan fingerprint density at radius 3 is 2.92 bits per heavy atom. The molecule has 0 radical (unpaired) electrons. The topological polar surface area (TPSA) is 70.6 Å². The van der Waals surface area contributed by atoms with E-state index in [1.807, 2.05) is 6.07 Å². The highest BCUT2D eigenvalue weighted by Crippen LogP contribution is 2.43. The van der Waals surface area contributed by atoms with Crippen LogP contribution in [0.1, 0.15) is 45.9 Å². The molecule has 24 heavy (non-hydrogen) atoms. The molecule has 2 aromatic rings. The molecule has 1 aliphatic heterocycles. The summed E-state index contributed by atoms with van der Waals surface area (Å²) in [6, 6.07) is 5.17. The van der Waals surface area contributed by atoms with E-state index in [1.54, 1.807) is 23.5 Å². The predicted molar refractivity (Wildman–Crippen MR) is 94.0 cm³/mol. The van der Waals surface area contributed by atoms with Crippen LogP contribution in [0.15, 0.2) is 18.2 Å². The van der Waals surface area contributed by atoms with Gasteiger partial charge < -0.3 is 20.5 Å². The maximum atomic E-state index is 12.7. The van der Waals surface area contributed by atoms with Crippen LogP contribution in [0.25, 0.3) is 0 Å². The number of benzene rings is 1. The first-order valence-corrected chi connectivity index (χ1v) is 8.97. The number of carbonyl (C=O) groups excluding carboxylic acids is 1. The van der Waals surface area contributed by atoms with Gasteiger partial charge in [0.05, 0.1) is 12.7 Å². The Hall–Kier alpha value is -2.21. The van der Waals surface area contributed by atoms with Gasteiger partial charge in [0.15, 0.2) is 11.5 Å². The van der Waals surface area contributed by atoms with Crippen LogP contribution in [0, 0.1) is 5.92 Å². The van der Waals surface area contributed by atoms with Crippen molar-refractivity contribution in [3.63, 3.8) is 0 Å². The zero-order valence-electron chi connectivity index (χ0n) is 13.7. The summed E-state index contributed by atoms with van der Waals surface area (Å²) in [6.45, 7) is 2.26. The SMILES string of the molecule is COc1ccc(C2NC(=O)c3c(sc4c3CCC(C)C4)N2)cc1O. The lowest BCUT2D eigenvalue weighted by atomic mass is 9.88. The largest absolute Gasteiger partial charge is 0.504 e. The van der Waals surface area contributed by atoms with Crippen LogP contribution in [0.2, 0.25) is 0 Å². The van der Waals surface area contributed by atoms with Crippen molar-refractivity contribution in [1.82, 2.24) is 5.32 Å². The standard InChI is InChI=1S/C18H20N2O3S/c1-9-3-5-11-14(7-9)24-18-15(11)17(22)19-16(20-18)10-4-6-13(23-2)12(21)8-10/h4,6,8-9,16,20-21H,3,5,7H2,1-2H3,(H,19,22). The van der Waals surface area contributed by atoms with Crippen molar-refractivity contribution in [1.29, 1.82) is 0 Å². The molecule has 3 N–H and O–H groups in total. The van der Waals surface area contributed by atoms with Gasteiger partial charge in [-0.2, -0.15) is 0 Å². The molecule has 2 aliphatic rings. The second kappa shape index (κ2) is 5.70. The Labute approximate surface area is 144 Å². The number of thiophene rings is 1. The number of fused-ring (bicyclic) bond motifs is 3. The van der Waals surface area contributed by atoms with Crippen LogP contribution in [0.5, 0.6) is 11.5 Å². The summed E-state index contributed by atoms with van der Waals surface area (Å²) < 4.78 is 5.07. The minimum absolute atomic E-state index is 0.0314. The van der Waals surface area contributed by atoms with Crippen LogP contribution >= 0.6 is 11.3 Å². The molecule has 2 heterocycles. The molecule has 2 unspecified atom stereocenters. The average Bonchev–Trinajstić information content (AvgIpc) is 2.92. The summed E-state index contributed by atoms with van der Waals surface area (Å²) in [5, 5.41) is 17.3. The van der Waals surface area contributed by atoms with Crippen molar-refractivity contribution in [2.24, 2.45) is 5.92 Å². The number of methoxy groups -OCH3 is 1. The van der Waals surface area contributed by atoms with Crippen LogP contribution in [-0.2, 0) is 12.8 Å². The fourth-order valence-corrected chi connectivity index (χ4v) is 4.95. The second-order valence-corrected chi connectivity index (χ2v) is 7.64. The molecule has 0 saturated heterocycles. The van der Waals surface area contributed by atoms with Gasteiger partial charge in [-0.1, -0.05) is 13.0 Å². The molecule has 1 aliphatic carbocycles. The van der Waals surface area contributed by atoms with E-state index in [0.717, 1.165) is 35.4 Å². The fourth-order valence-electron chi connectivity index (χ4n) is 3.52. The first-order valence-electron chi connectivity index (χ1n) is 8.15. The Kier molecular flexibility index (Phi) is 3.64. The smallest absolute Gasteiger partial charge is 0.256 e. The molecular weight excluding hydrogens is 324 g/mol. The summed E-state index contributed by atoms with van der Waals surface area (Å²) in [5.74, 6) is 1.13. The summed E-state index contributed by atoms with van der Waals surface area (Å²) in [5.41, 5.74) is 2.83. The van der Waals surface area contributed by atoms with Crippen molar-refractivity contribution < 1.29 is 14.6 Å². The summed E-state index contributed by atoms with van der Waals surface area (Å²) in [6.07, 6.45) is 2.82. The zero-order valence-corrected chi connectivity index (χ0v) is 14.5. The quantitative estimate of drug-likeness (QED) is 0.780. The molecule has 126 valence electrons. The molecule has 5 nitrogen and oxygen atoms in total. The van der Waals surface area contributed by atoms with Gasteiger partial charge in [0.2, 0.25) is 0 Å². The fraction of sp³-hybridized carbons (Fsp3) is 0.389. The number of amides is 1. The molecule has 4 rings (SSSR count). The van der Waals surface area contributed by atoms with Gasteiger partial charge in [-0.25, -0.2) is 0 Å².